The third-order valence-corrected chi connectivity index (χ3v) is 4.23. The van der Waals surface area contributed by atoms with Gasteiger partial charge < -0.3 is 14.6 Å². The Labute approximate surface area is 130 Å². The zero-order chi connectivity index (χ0) is 15.7. The van der Waals surface area contributed by atoms with E-state index in [0.29, 0.717) is 11.5 Å². The van der Waals surface area contributed by atoms with Crippen LogP contribution in [0.5, 0.6) is 0 Å². The highest BCUT2D eigenvalue weighted by molar-refractivity contribution is 5.96. The van der Waals surface area contributed by atoms with Gasteiger partial charge in [-0.25, -0.2) is 4.98 Å². The van der Waals surface area contributed by atoms with Crippen molar-refractivity contribution in [2.75, 3.05) is 38.5 Å². The molecule has 1 fully saturated rings. The Morgan fingerprint density at radius 3 is 2.77 bits per heavy atom. The Hall–Kier alpha value is -1.92. The minimum absolute atomic E-state index is 0.0140. The van der Waals surface area contributed by atoms with Gasteiger partial charge in [0.1, 0.15) is 5.52 Å². The van der Waals surface area contributed by atoms with E-state index < -0.39 is 0 Å². The number of hydrogen-bond donors (Lipinski definition) is 1. The standard InChI is InChI=1S/C16H22N4O2/c1-11(20-8-6-19(3)7-9-20)16(21)18-13-4-5-14-15(10-13)22-12(2)17-14/h4-5,10-11H,6-9H2,1-3H3,(H,18,21). The zero-order valence-corrected chi connectivity index (χ0v) is 13.3. The minimum atomic E-state index is -0.138. The van der Waals surface area contributed by atoms with Gasteiger partial charge in [-0.05, 0) is 26.1 Å². The van der Waals surface area contributed by atoms with E-state index in [0.717, 1.165) is 37.4 Å². The highest BCUT2D eigenvalue weighted by atomic mass is 16.3. The summed E-state index contributed by atoms with van der Waals surface area (Å²) in [6, 6.07) is 5.41. The first-order chi connectivity index (χ1) is 10.5. The van der Waals surface area contributed by atoms with E-state index in [9.17, 15) is 4.79 Å². The van der Waals surface area contributed by atoms with Gasteiger partial charge in [-0.2, -0.15) is 0 Å². The van der Waals surface area contributed by atoms with E-state index in [2.05, 4.69) is 27.1 Å². The number of anilines is 1. The number of fused-ring (bicyclic) bond motifs is 1. The monoisotopic (exact) mass is 302 g/mol. The summed E-state index contributed by atoms with van der Waals surface area (Å²) < 4.78 is 5.50. The van der Waals surface area contributed by atoms with Gasteiger partial charge in [-0.3, -0.25) is 9.69 Å². The lowest BCUT2D eigenvalue weighted by Gasteiger charge is -2.35. The van der Waals surface area contributed by atoms with Crippen molar-refractivity contribution < 1.29 is 9.21 Å². The lowest BCUT2D eigenvalue weighted by molar-refractivity contribution is -0.121. The number of oxazole rings is 1. The topological polar surface area (TPSA) is 61.6 Å². The summed E-state index contributed by atoms with van der Waals surface area (Å²) in [5, 5.41) is 2.97. The van der Waals surface area contributed by atoms with Crippen molar-refractivity contribution in [3.05, 3.63) is 24.1 Å². The second-order valence-corrected chi connectivity index (χ2v) is 5.92. The number of rotatable bonds is 3. The lowest BCUT2D eigenvalue weighted by Crippen LogP contribution is -2.51. The molecule has 6 heteroatoms. The van der Waals surface area contributed by atoms with Crippen molar-refractivity contribution in [1.82, 2.24) is 14.8 Å². The molecule has 1 unspecified atom stereocenters. The predicted octanol–water partition coefficient (Wildman–Crippen LogP) is 1.71. The van der Waals surface area contributed by atoms with E-state index >= 15 is 0 Å². The molecule has 0 spiro atoms. The van der Waals surface area contributed by atoms with Crippen LogP contribution in [0.25, 0.3) is 11.1 Å². The maximum atomic E-state index is 12.4. The van der Waals surface area contributed by atoms with Crippen LogP contribution in [0.15, 0.2) is 22.6 Å². The van der Waals surface area contributed by atoms with Crippen molar-refractivity contribution in [3.63, 3.8) is 0 Å². The number of nitrogens with zero attached hydrogens (tertiary/aromatic N) is 3. The van der Waals surface area contributed by atoms with Gasteiger partial charge in [0.25, 0.3) is 0 Å². The van der Waals surface area contributed by atoms with Crippen LogP contribution in [0.3, 0.4) is 0 Å². The molecule has 1 N–H and O–H groups in total. The molecule has 1 aliphatic heterocycles. The molecule has 2 aromatic rings. The van der Waals surface area contributed by atoms with Gasteiger partial charge in [0.2, 0.25) is 5.91 Å². The molecule has 1 saturated heterocycles. The first-order valence-corrected chi connectivity index (χ1v) is 7.63. The number of amides is 1. The summed E-state index contributed by atoms with van der Waals surface area (Å²) >= 11 is 0. The highest BCUT2D eigenvalue weighted by Gasteiger charge is 2.24. The first kappa shape index (κ1) is 15.0. The normalized spacial score (nSPS) is 18.5. The van der Waals surface area contributed by atoms with E-state index in [4.69, 9.17) is 4.42 Å². The average Bonchev–Trinajstić information content (AvgIpc) is 2.86. The van der Waals surface area contributed by atoms with Gasteiger partial charge >= 0.3 is 0 Å². The molecule has 2 heterocycles. The van der Waals surface area contributed by atoms with Gasteiger partial charge in [0.05, 0.1) is 6.04 Å². The van der Waals surface area contributed by atoms with Crippen molar-refractivity contribution >= 4 is 22.7 Å². The Kier molecular flexibility index (Phi) is 4.13. The first-order valence-electron chi connectivity index (χ1n) is 7.63. The summed E-state index contributed by atoms with van der Waals surface area (Å²) in [6.45, 7) is 7.62. The number of aromatic nitrogens is 1. The zero-order valence-electron chi connectivity index (χ0n) is 13.3. The third kappa shape index (κ3) is 3.13. The predicted molar refractivity (Wildman–Crippen MR) is 85.9 cm³/mol. The molecule has 1 atom stereocenters. The molecule has 118 valence electrons. The van der Waals surface area contributed by atoms with Crippen LogP contribution in [-0.4, -0.2) is 60.0 Å². The SMILES string of the molecule is Cc1nc2ccc(NC(=O)C(C)N3CCN(C)CC3)cc2o1. The Balaban J connectivity index is 1.66. The Morgan fingerprint density at radius 1 is 1.32 bits per heavy atom. The van der Waals surface area contributed by atoms with Crippen LogP contribution in [0.1, 0.15) is 12.8 Å². The van der Waals surface area contributed by atoms with Crippen molar-refractivity contribution in [2.45, 2.75) is 19.9 Å². The molecule has 1 aliphatic rings. The molecule has 1 aromatic carbocycles. The molecule has 1 amide bonds. The van der Waals surface area contributed by atoms with Crippen LogP contribution in [0.4, 0.5) is 5.69 Å². The van der Waals surface area contributed by atoms with Crippen LogP contribution in [-0.2, 0) is 4.79 Å². The fraction of sp³-hybridized carbons (Fsp3) is 0.500. The number of benzene rings is 1. The smallest absolute Gasteiger partial charge is 0.241 e. The maximum absolute atomic E-state index is 12.4. The molecule has 22 heavy (non-hydrogen) atoms. The molecule has 1 aromatic heterocycles. The maximum Gasteiger partial charge on any atom is 0.241 e. The summed E-state index contributed by atoms with van der Waals surface area (Å²) in [5.41, 5.74) is 2.25. The summed E-state index contributed by atoms with van der Waals surface area (Å²) in [4.78, 5) is 21.2. The molecule has 6 nitrogen and oxygen atoms in total. The molecular formula is C16H22N4O2. The van der Waals surface area contributed by atoms with Gasteiger partial charge in [-0.1, -0.05) is 0 Å². The number of piperazine rings is 1. The van der Waals surface area contributed by atoms with E-state index in [1.54, 1.807) is 0 Å². The van der Waals surface area contributed by atoms with E-state index in [-0.39, 0.29) is 11.9 Å². The fourth-order valence-corrected chi connectivity index (χ4v) is 2.74. The minimum Gasteiger partial charge on any atom is -0.441 e. The second kappa shape index (κ2) is 6.06. The Morgan fingerprint density at radius 2 is 2.05 bits per heavy atom. The van der Waals surface area contributed by atoms with E-state index in [1.807, 2.05) is 32.0 Å². The number of aryl methyl sites for hydroxylation is 1. The average molecular weight is 302 g/mol. The van der Waals surface area contributed by atoms with Gasteiger partial charge in [0.15, 0.2) is 11.5 Å². The summed E-state index contributed by atoms with van der Waals surface area (Å²) in [6.07, 6.45) is 0. The summed E-state index contributed by atoms with van der Waals surface area (Å²) in [7, 11) is 2.11. The van der Waals surface area contributed by atoms with Gasteiger partial charge in [0, 0.05) is 44.9 Å². The molecule has 0 aliphatic carbocycles. The second-order valence-electron chi connectivity index (χ2n) is 5.92. The number of carbonyl (C=O) groups excluding carboxylic acids is 1. The van der Waals surface area contributed by atoms with Crippen LogP contribution in [0, 0.1) is 6.92 Å². The van der Waals surface area contributed by atoms with Crippen molar-refractivity contribution in [2.24, 2.45) is 0 Å². The fourth-order valence-electron chi connectivity index (χ4n) is 2.74. The molecule has 0 radical (unpaired) electrons. The number of nitrogens with one attached hydrogen (secondary N) is 1. The summed E-state index contributed by atoms with van der Waals surface area (Å²) in [5.74, 6) is 0.643. The van der Waals surface area contributed by atoms with Crippen LogP contribution >= 0.6 is 0 Å². The van der Waals surface area contributed by atoms with Crippen molar-refractivity contribution in [1.29, 1.82) is 0 Å². The molecule has 3 rings (SSSR count). The molecule has 0 bridgehead atoms. The van der Waals surface area contributed by atoms with E-state index in [1.165, 1.54) is 0 Å². The van der Waals surface area contributed by atoms with Crippen molar-refractivity contribution in [3.8, 4) is 0 Å². The Bertz CT molecular complexity index is 674. The lowest BCUT2D eigenvalue weighted by atomic mass is 10.2. The van der Waals surface area contributed by atoms with Crippen LogP contribution in [0.2, 0.25) is 0 Å². The third-order valence-electron chi connectivity index (χ3n) is 4.23. The van der Waals surface area contributed by atoms with Crippen LogP contribution < -0.4 is 5.32 Å². The molecular weight excluding hydrogens is 280 g/mol. The quantitative estimate of drug-likeness (QED) is 0.935. The number of likely N-dealkylation sites (N-methyl/N-ethyl adjacent to an activating group) is 1. The number of carbonyl (C=O) groups is 1. The number of hydrogen-bond acceptors (Lipinski definition) is 5. The largest absolute Gasteiger partial charge is 0.441 e. The van der Waals surface area contributed by atoms with Gasteiger partial charge in [-0.15, -0.1) is 0 Å². The molecule has 0 saturated carbocycles. The highest BCUT2D eigenvalue weighted by Crippen LogP contribution is 2.20.